The predicted molar refractivity (Wildman–Crippen MR) is 107 cm³/mol. The van der Waals surface area contributed by atoms with Crippen molar-refractivity contribution in [2.24, 2.45) is 0 Å². The van der Waals surface area contributed by atoms with Crippen molar-refractivity contribution in [3.8, 4) is 5.75 Å². The lowest BCUT2D eigenvalue weighted by Crippen LogP contribution is -2.30. The zero-order valence-electron chi connectivity index (χ0n) is 16.3. The zero-order valence-corrected chi connectivity index (χ0v) is 17.2. The molecule has 0 unspecified atom stereocenters. The molecule has 0 fully saturated rings. The standard InChI is InChI=1S/C20H26N2O5S/c1-4-22(15-16-5-9-18(27-3)10-6-16)20(23)17-7-11-19(12-8-17)28(24,25)21-13-14-26-2/h5-12,21H,4,13-15H2,1-3H3. The SMILES string of the molecule is CCN(Cc1ccc(OC)cc1)C(=O)c1ccc(S(=O)(=O)NCCOC)cc1. The van der Waals surface area contributed by atoms with Gasteiger partial charge in [-0.25, -0.2) is 13.1 Å². The quantitative estimate of drug-likeness (QED) is 0.612. The van der Waals surface area contributed by atoms with E-state index >= 15 is 0 Å². The van der Waals surface area contributed by atoms with Crippen LogP contribution in [0.2, 0.25) is 0 Å². The number of carbonyl (C=O) groups is 1. The Morgan fingerprint density at radius 2 is 1.68 bits per heavy atom. The maximum Gasteiger partial charge on any atom is 0.254 e. The summed E-state index contributed by atoms with van der Waals surface area (Å²) in [5.74, 6) is 0.601. The van der Waals surface area contributed by atoms with Gasteiger partial charge < -0.3 is 14.4 Å². The van der Waals surface area contributed by atoms with Crippen LogP contribution in [-0.2, 0) is 21.3 Å². The third kappa shape index (κ3) is 5.79. The smallest absolute Gasteiger partial charge is 0.254 e. The Kier molecular flexibility index (Phi) is 7.98. The van der Waals surface area contributed by atoms with E-state index < -0.39 is 10.0 Å². The van der Waals surface area contributed by atoms with Gasteiger partial charge in [0.15, 0.2) is 0 Å². The highest BCUT2D eigenvalue weighted by Crippen LogP contribution is 2.16. The number of rotatable bonds is 10. The Balaban J connectivity index is 2.09. The van der Waals surface area contributed by atoms with Gasteiger partial charge in [-0.15, -0.1) is 0 Å². The third-order valence-electron chi connectivity index (χ3n) is 4.21. The van der Waals surface area contributed by atoms with E-state index in [1.54, 1.807) is 12.0 Å². The van der Waals surface area contributed by atoms with Crippen molar-refractivity contribution in [3.05, 3.63) is 59.7 Å². The number of sulfonamides is 1. The summed E-state index contributed by atoms with van der Waals surface area (Å²) >= 11 is 0. The van der Waals surface area contributed by atoms with E-state index in [0.29, 0.717) is 18.7 Å². The second-order valence-electron chi connectivity index (χ2n) is 6.08. The molecule has 0 saturated carbocycles. The largest absolute Gasteiger partial charge is 0.497 e. The molecule has 152 valence electrons. The normalized spacial score (nSPS) is 11.2. The van der Waals surface area contributed by atoms with Crippen molar-refractivity contribution in [1.29, 1.82) is 0 Å². The van der Waals surface area contributed by atoms with E-state index in [0.717, 1.165) is 11.3 Å². The monoisotopic (exact) mass is 406 g/mol. The molecule has 2 aromatic carbocycles. The molecule has 0 spiro atoms. The molecule has 0 saturated heterocycles. The summed E-state index contributed by atoms with van der Waals surface area (Å²) in [6.45, 7) is 3.36. The van der Waals surface area contributed by atoms with Gasteiger partial charge in [-0.05, 0) is 48.9 Å². The number of hydrogen-bond acceptors (Lipinski definition) is 5. The first-order valence-corrected chi connectivity index (χ1v) is 10.4. The van der Waals surface area contributed by atoms with E-state index in [2.05, 4.69) is 4.72 Å². The number of carbonyl (C=O) groups excluding carboxylic acids is 1. The minimum atomic E-state index is -3.62. The molecule has 2 aromatic rings. The van der Waals surface area contributed by atoms with E-state index in [9.17, 15) is 13.2 Å². The van der Waals surface area contributed by atoms with Gasteiger partial charge in [0.05, 0.1) is 18.6 Å². The summed E-state index contributed by atoms with van der Waals surface area (Å²) in [6, 6.07) is 13.5. The fourth-order valence-corrected chi connectivity index (χ4v) is 3.61. The molecule has 0 heterocycles. The van der Waals surface area contributed by atoms with Gasteiger partial charge in [0.2, 0.25) is 10.0 Å². The summed E-state index contributed by atoms with van der Waals surface area (Å²) in [5, 5.41) is 0. The van der Waals surface area contributed by atoms with Crippen LogP contribution in [0.1, 0.15) is 22.8 Å². The molecule has 1 N–H and O–H groups in total. The molecule has 7 nitrogen and oxygen atoms in total. The highest BCUT2D eigenvalue weighted by Gasteiger charge is 2.17. The van der Waals surface area contributed by atoms with Crippen LogP contribution in [0.5, 0.6) is 5.75 Å². The lowest BCUT2D eigenvalue weighted by molar-refractivity contribution is 0.0752. The van der Waals surface area contributed by atoms with Crippen LogP contribution in [0.25, 0.3) is 0 Å². The van der Waals surface area contributed by atoms with Gasteiger partial charge in [-0.2, -0.15) is 0 Å². The topological polar surface area (TPSA) is 84.9 Å². The summed E-state index contributed by atoms with van der Waals surface area (Å²) in [7, 11) is -0.518. The molecule has 1 amide bonds. The number of hydrogen-bond donors (Lipinski definition) is 1. The summed E-state index contributed by atoms with van der Waals surface area (Å²) < 4.78 is 36.8. The Morgan fingerprint density at radius 3 is 2.21 bits per heavy atom. The summed E-state index contributed by atoms with van der Waals surface area (Å²) in [5.41, 5.74) is 1.42. The van der Waals surface area contributed by atoms with Crippen LogP contribution in [0.15, 0.2) is 53.4 Å². The van der Waals surface area contributed by atoms with Crippen LogP contribution in [-0.4, -0.2) is 53.1 Å². The van der Waals surface area contributed by atoms with E-state index in [4.69, 9.17) is 9.47 Å². The Hall–Kier alpha value is -2.42. The molecular weight excluding hydrogens is 380 g/mol. The van der Waals surface area contributed by atoms with Gasteiger partial charge in [-0.1, -0.05) is 12.1 Å². The zero-order chi connectivity index (χ0) is 20.6. The first-order chi connectivity index (χ1) is 13.4. The van der Waals surface area contributed by atoms with Crippen molar-refractivity contribution in [1.82, 2.24) is 9.62 Å². The molecule has 8 heteroatoms. The first-order valence-electron chi connectivity index (χ1n) is 8.92. The van der Waals surface area contributed by atoms with Gasteiger partial charge in [0, 0.05) is 32.3 Å². The van der Waals surface area contributed by atoms with Gasteiger partial charge in [0.25, 0.3) is 5.91 Å². The third-order valence-corrected chi connectivity index (χ3v) is 5.69. The molecule has 28 heavy (non-hydrogen) atoms. The summed E-state index contributed by atoms with van der Waals surface area (Å²) in [4.78, 5) is 14.6. The van der Waals surface area contributed by atoms with Crippen LogP contribution in [0.3, 0.4) is 0 Å². The second kappa shape index (κ2) is 10.2. The Labute approximate surface area is 166 Å². The van der Waals surface area contributed by atoms with E-state index in [1.807, 2.05) is 31.2 Å². The number of methoxy groups -OCH3 is 2. The molecule has 0 bridgehead atoms. The van der Waals surface area contributed by atoms with Crippen molar-refractivity contribution in [2.75, 3.05) is 33.9 Å². The maximum absolute atomic E-state index is 12.8. The minimum absolute atomic E-state index is 0.110. The van der Waals surface area contributed by atoms with Crippen LogP contribution in [0, 0.1) is 0 Å². The molecule has 2 rings (SSSR count). The Morgan fingerprint density at radius 1 is 1.04 bits per heavy atom. The lowest BCUT2D eigenvalue weighted by atomic mass is 10.1. The molecule has 0 aromatic heterocycles. The average Bonchev–Trinajstić information content (AvgIpc) is 2.72. The minimum Gasteiger partial charge on any atom is -0.497 e. The highest BCUT2D eigenvalue weighted by atomic mass is 32.2. The molecule has 0 radical (unpaired) electrons. The Bertz CT molecular complexity index is 864. The van der Waals surface area contributed by atoms with Crippen molar-refractivity contribution < 1.29 is 22.7 Å². The number of nitrogens with zero attached hydrogens (tertiary/aromatic N) is 1. The fourth-order valence-electron chi connectivity index (χ4n) is 2.60. The molecule has 0 aliphatic carbocycles. The first kappa shape index (κ1) is 21.9. The van der Waals surface area contributed by atoms with Gasteiger partial charge in [0.1, 0.15) is 5.75 Å². The van der Waals surface area contributed by atoms with Gasteiger partial charge >= 0.3 is 0 Å². The highest BCUT2D eigenvalue weighted by molar-refractivity contribution is 7.89. The predicted octanol–water partition coefficient (Wildman–Crippen LogP) is 2.28. The number of nitrogens with one attached hydrogen (secondary N) is 1. The van der Waals surface area contributed by atoms with Gasteiger partial charge in [-0.3, -0.25) is 4.79 Å². The molecule has 0 atom stereocenters. The van der Waals surface area contributed by atoms with Crippen LogP contribution < -0.4 is 9.46 Å². The van der Waals surface area contributed by atoms with E-state index in [-0.39, 0.29) is 24.0 Å². The average molecular weight is 407 g/mol. The fraction of sp³-hybridized carbons (Fsp3) is 0.350. The van der Waals surface area contributed by atoms with Crippen LogP contribution >= 0.6 is 0 Å². The second-order valence-corrected chi connectivity index (χ2v) is 7.85. The van der Waals surface area contributed by atoms with Crippen molar-refractivity contribution >= 4 is 15.9 Å². The van der Waals surface area contributed by atoms with Crippen molar-refractivity contribution in [2.45, 2.75) is 18.4 Å². The molecule has 0 aliphatic rings. The molecular formula is C20H26N2O5S. The lowest BCUT2D eigenvalue weighted by Gasteiger charge is -2.21. The van der Waals surface area contributed by atoms with Crippen LogP contribution in [0.4, 0.5) is 0 Å². The van der Waals surface area contributed by atoms with E-state index in [1.165, 1.54) is 31.4 Å². The van der Waals surface area contributed by atoms with Crippen molar-refractivity contribution in [3.63, 3.8) is 0 Å². The maximum atomic E-state index is 12.8. The number of amides is 1. The molecule has 0 aliphatic heterocycles. The number of benzene rings is 2. The summed E-state index contributed by atoms with van der Waals surface area (Å²) in [6.07, 6.45) is 0. The number of ether oxygens (including phenoxy) is 2.